The molecule has 0 spiro atoms. The molecule has 2 heterocycles. The number of carbonyl (C=O) groups is 4. The molecular formula is C30H41N5O6. The molecule has 11 heteroatoms. The number of aliphatic hydroxyl groups is 1. The Bertz CT molecular complexity index is 1290. The van der Waals surface area contributed by atoms with Gasteiger partial charge < -0.3 is 20.8 Å². The van der Waals surface area contributed by atoms with Crippen LogP contribution in [0.25, 0.3) is 17.0 Å². The van der Waals surface area contributed by atoms with E-state index in [4.69, 9.17) is 0 Å². The summed E-state index contributed by atoms with van der Waals surface area (Å²) >= 11 is 0. The minimum absolute atomic E-state index is 0.316. The lowest BCUT2D eigenvalue weighted by molar-refractivity contribution is -0.148. The van der Waals surface area contributed by atoms with Crippen molar-refractivity contribution in [3.8, 4) is 0 Å². The maximum atomic E-state index is 13.2. The monoisotopic (exact) mass is 567 g/mol. The molecule has 1 aromatic carbocycles. The predicted octanol–water partition coefficient (Wildman–Crippen LogP) is 2.03. The van der Waals surface area contributed by atoms with Gasteiger partial charge in [0.15, 0.2) is 0 Å². The number of nitrogens with zero attached hydrogens (tertiary/aromatic N) is 2. The zero-order valence-corrected chi connectivity index (χ0v) is 24.3. The van der Waals surface area contributed by atoms with E-state index in [0.717, 1.165) is 28.6 Å². The first-order chi connectivity index (χ1) is 19.4. The van der Waals surface area contributed by atoms with Crippen LogP contribution < -0.4 is 16.1 Å². The van der Waals surface area contributed by atoms with Gasteiger partial charge in [0.1, 0.15) is 18.1 Å². The number of carboxylic acids is 1. The summed E-state index contributed by atoms with van der Waals surface area (Å²) in [7, 11) is 0. The van der Waals surface area contributed by atoms with Crippen LogP contribution in [0.1, 0.15) is 58.7 Å². The Morgan fingerprint density at radius 1 is 1.10 bits per heavy atom. The third kappa shape index (κ3) is 8.34. The highest BCUT2D eigenvalue weighted by molar-refractivity contribution is 5.93. The fourth-order valence-corrected chi connectivity index (χ4v) is 4.67. The Morgan fingerprint density at radius 3 is 2.44 bits per heavy atom. The number of aliphatic carboxylic acids is 1. The van der Waals surface area contributed by atoms with Crippen molar-refractivity contribution in [3.63, 3.8) is 0 Å². The number of benzene rings is 1. The lowest BCUT2D eigenvalue weighted by atomic mass is 9.97. The van der Waals surface area contributed by atoms with Crippen LogP contribution in [0.15, 0.2) is 36.4 Å². The summed E-state index contributed by atoms with van der Waals surface area (Å²) < 4.78 is 0. The van der Waals surface area contributed by atoms with E-state index < -0.39 is 53.8 Å². The van der Waals surface area contributed by atoms with Gasteiger partial charge in [-0.05, 0) is 56.7 Å². The van der Waals surface area contributed by atoms with E-state index in [1.165, 1.54) is 18.9 Å². The quantitative estimate of drug-likeness (QED) is 0.276. The van der Waals surface area contributed by atoms with E-state index in [9.17, 15) is 29.4 Å². The molecule has 5 atom stereocenters. The molecule has 0 aliphatic carbocycles. The van der Waals surface area contributed by atoms with Crippen molar-refractivity contribution < 1.29 is 29.4 Å². The molecular weight excluding hydrogens is 526 g/mol. The van der Waals surface area contributed by atoms with Crippen molar-refractivity contribution >= 4 is 40.7 Å². The molecule has 0 unspecified atom stereocenters. The van der Waals surface area contributed by atoms with Crippen molar-refractivity contribution in [1.29, 1.82) is 0 Å². The highest BCUT2D eigenvalue weighted by Crippen LogP contribution is 2.18. The summed E-state index contributed by atoms with van der Waals surface area (Å²) in [6, 6.07) is 6.98. The second-order valence-corrected chi connectivity index (χ2v) is 10.8. The number of hydrogen-bond acceptors (Lipinski definition) is 7. The lowest BCUT2D eigenvalue weighted by Crippen LogP contribution is -2.61. The van der Waals surface area contributed by atoms with Crippen LogP contribution >= 0.6 is 0 Å². The summed E-state index contributed by atoms with van der Waals surface area (Å²) in [6.45, 7) is 8.90. The summed E-state index contributed by atoms with van der Waals surface area (Å²) in [6.07, 6.45) is 4.06. The maximum Gasteiger partial charge on any atom is 0.322 e. The number of hydrogen-bond donors (Lipinski definition) is 5. The Kier molecular flexibility index (Phi) is 11.0. The fourth-order valence-electron chi connectivity index (χ4n) is 4.67. The molecule has 1 aliphatic heterocycles. The first-order valence-electron chi connectivity index (χ1n) is 14.1. The topological polar surface area (TPSA) is 161 Å². The molecule has 0 radical (unpaired) electrons. The number of aryl methyl sites for hydroxylation is 1. The van der Waals surface area contributed by atoms with Crippen molar-refractivity contribution in [3.05, 3.63) is 47.7 Å². The van der Waals surface area contributed by atoms with Gasteiger partial charge in [-0.25, -0.2) is 5.43 Å². The van der Waals surface area contributed by atoms with Crippen LogP contribution in [-0.2, 0) is 25.6 Å². The predicted molar refractivity (Wildman–Crippen MR) is 155 cm³/mol. The minimum atomic E-state index is -1.05. The van der Waals surface area contributed by atoms with Gasteiger partial charge in [0.05, 0.1) is 17.5 Å². The van der Waals surface area contributed by atoms with Crippen LogP contribution in [0.4, 0.5) is 0 Å². The standard InChI is InChI=1S/C30H41N5O6/c1-6-22-13-12-21-11-9-20(16-25(21)32-22)10-14-23(19(5)36)27(37)33-26(17(2)3)28(38)31-18(4)29(39)35-15-7-8-24(34-35)30(40)41/h9-14,16-19,23-24,26,34,36H,6-8,15H2,1-5H3,(H,31,38)(H,33,37)(H,40,41)/b14-10+/t18-,19-,23+,24-,26-/m0/s1. The summed E-state index contributed by atoms with van der Waals surface area (Å²) in [5.41, 5.74) is 5.32. The molecule has 3 amide bonds. The van der Waals surface area contributed by atoms with Gasteiger partial charge in [0.25, 0.3) is 5.91 Å². The van der Waals surface area contributed by atoms with Gasteiger partial charge in [0, 0.05) is 17.6 Å². The van der Waals surface area contributed by atoms with E-state index in [1.807, 2.05) is 37.3 Å². The SMILES string of the molecule is CCc1ccc2ccc(/C=C/[C@@H](C(=O)N[C@H](C(=O)N[C@@H](C)C(=O)N3CCC[C@@H](C(=O)O)N3)C(C)C)[C@H](C)O)cc2n1. The number of carboxylic acid groups (broad SMARTS) is 1. The minimum Gasteiger partial charge on any atom is -0.480 e. The molecule has 1 saturated heterocycles. The first kappa shape index (κ1) is 31.7. The first-order valence-corrected chi connectivity index (χ1v) is 14.1. The van der Waals surface area contributed by atoms with Gasteiger partial charge in [0.2, 0.25) is 11.8 Å². The molecule has 1 aliphatic rings. The summed E-state index contributed by atoms with van der Waals surface area (Å²) in [5, 5.41) is 27.2. The zero-order chi connectivity index (χ0) is 30.3. The summed E-state index contributed by atoms with van der Waals surface area (Å²) in [4.78, 5) is 55.2. The number of fused-ring (bicyclic) bond motifs is 1. The van der Waals surface area contributed by atoms with Crippen molar-refractivity contribution in [2.45, 2.75) is 78.1 Å². The maximum absolute atomic E-state index is 13.2. The Labute approximate surface area is 240 Å². The van der Waals surface area contributed by atoms with Gasteiger partial charge in [-0.15, -0.1) is 0 Å². The molecule has 1 aromatic heterocycles. The normalized spacial score (nSPS) is 18.6. The van der Waals surface area contributed by atoms with Gasteiger partial charge >= 0.3 is 5.97 Å². The number of hydrazine groups is 1. The number of carbonyl (C=O) groups excluding carboxylic acids is 3. The zero-order valence-electron chi connectivity index (χ0n) is 24.3. The van der Waals surface area contributed by atoms with E-state index >= 15 is 0 Å². The largest absolute Gasteiger partial charge is 0.480 e. The molecule has 1 fully saturated rings. The van der Waals surface area contributed by atoms with Crippen molar-refractivity contribution in [2.75, 3.05) is 6.54 Å². The molecule has 41 heavy (non-hydrogen) atoms. The highest BCUT2D eigenvalue weighted by atomic mass is 16.4. The van der Waals surface area contributed by atoms with E-state index in [2.05, 4.69) is 21.0 Å². The fraction of sp³-hybridized carbons (Fsp3) is 0.500. The molecule has 0 saturated carbocycles. The number of nitrogens with one attached hydrogen (secondary N) is 3. The highest BCUT2D eigenvalue weighted by Gasteiger charge is 2.33. The average molecular weight is 568 g/mol. The second-order valence-electron chi connectivity index (χ2n) is 10.8. The van der Waals surface area contributed by atoms with Crippen molar-refractivity contribution in [1.82, 2.24) is 26.1 Å². The van der Waals surface area contributed by atoms with Crippen LogP contribution in [0.3, 0.4) is 0 Å². The molecule has 11 nitrogen and oxygen atoms in total. The third-order valence-electron chi connectivity index (χ3n) is 7.18. The Balaban J connectivity index is 1.68. The molecule has 222 valence electrons. The number of aliphatic hydroxyl groups excluding tert-OH is 1. The Morgan fingerprint density at radius 2 is 1.80 bits per heavy atom. The summed E-state index contributed by atoms with van der Waals surface area (Å²) in [5.74, 6) is -3.85. The Hall–Kier alpha value is -3.83. The number of pyridine rings is 1. The number of amides is 3. The van der Waals surface area contributed by atoms with E-state index in [1.54, 1.807) is 26.0 Å². The van der Waals surface area contributed by atoms with Crippen LogP contribution in [0.5, 0.6) is 0 Å². The van der Waals surface area contributed by atoms with Gasteiger partial charge in [-0.2, -0.15) is 0 Å². The average Bonchev–Trinajstić information content (AvgIpc) is 2.94. The van der Waals surface area contributed by atoms with Crippen LogP contribution in [-0.4, -0.2) is 74.7 Å². The van der Waals surface area contributed by atoms with E-state index in [0.29, 0.717) is 19.4 Å². The van der Waals surface area contributed by atoms with Crippen molar-refractivity contribution in [2.24, 2.45) is 11.8 Å². The van der Waals surface area contributed by atoms with Crippen LogP contribution in [0, 0.1) is 11.8 Å². The third-order valence-corrected chi connectivity index (χ3v) is 7.18. The van der Waals surface area contributed by atoms with Gasteiger partial charge in [-0.3, -0.25) is 29.2 Å². The number of rotatable bonds is 11. The number of aromatic nitrogens is 1. The smallest absolute Gasteiger partial charge is 0.322 e. The van der Waals surface area contributed by atoms with Crippen LogP contribution in [0.2, 0.25) is 0 Å². The molecule has 5 N–H and O–H groups in total. The molecule has 3 rings (SSSR count). The van der Waals surface area contributed by atoms with Gasteiger partial charge in [-0.1, -0.05) is 51.1 Å². The second kappa shape index (κ2) is 14.2. The molecule has 0 bridgehead atoms. The van der Waals surface area contributed by atoms with E-state index in [-0.39, 0.29) is 5.92 Å². The molecule has 2 aromatic rings. The lowest BCUT2D eigenvalue weighted by Gasteiger charge is -2.34.